The van der Waals surface area contributed by atoms with Crippen molar-refractivity contribution in [3.8, 4) is 16.9 Å². The molecule has 0 bridgehead atoms. The fourth-order valence-electron chi connectivity index (χ4n) is 5.89. The summed E-state index contributed by atoms with van der Waals surface area (Å²) in [6, 6.07) is 37.2. The van der Waals surface area contributed by atoms with Crippen molar-refractivity contribution >= 4 is 45.7 Å². The number of carbonyl (C=O) groups excluding carboxylic acids is 1. The van der Waals surface area contributed by atoms with Crippen molar-refractivity contribution in [2.75, 3.05) is 48.7 Å². The number of quaternary nitrogens is 1. The van der Waals surface area contributed by atoms with E-state index in [1.807, 2.05) is 66.7 Å². The lowest BCUT2D eigenvalue weighted by Gasteiger charge is -2.36. The Morgan fingerprint density at radius 3 is 2.34 bits per heavy atom. The summed E-state index contributed by atoms with van der Waals surface area (Å²) in [5.74, 6) is 0.474. The van der Waals surface area contributed by atoms with E-state index in [0.29, 0.717) is 17.8 Å². The van der Waals surface area contributed by atoms with E-state index in [1.54, 1.807) is 48.2 Å². The number of phenolic OH excluding ortho intramolecular Hbond substituents is 1. The second-order valence-corrected chi connectivity index (χ2v) is 14.2. The lowest BCUT2D eigenvalue weighted by atomic mass is 9.99. The molecular weight excluding hydrogens is 671 g/mol. The van der Waals surface area contributed by atoms with Gasteiger partial charge in [0.2, 0.25) is 0 Å². The number of hydrogen-bond acceptors (Lipinski definition) is 9. The summed E-state index contributed by atoms with van der Waals surface area (Å²) in [5.41, 5.74) is 5.08. The van der Waals surface area contributed by atoms with Crippen molar-refractivity contribution < 1.29 is 24.5 Å². The Bertz CT molecular complexity index is 1920. The molecule has 12 heteroatoms. The van der Waals surface area contributed by atoms with Gasteiger partial charge in [-0.3, -0.25) is 14.4 Å². The number of nitrogens with zero attached hydrogens (tertiary/aromatic N) is 2. The third-order valence-electron chi connectivity index (χ3n) is 8.49. The monoisotopic (exact) mass is 709 g/mol. The number of aromatic hydroxyl groups is 1. The fourth-order valence-corrected chi connectivity index (χ4v) is 7.50. The van der Waals surface area contributed by atoms with Crippen LogP contribution in [-0.2, 0) is 17.5 Å². The van der Waals surface area contributed by atoms with E-state index >= 15 is 0 Å². The molecule has 1 heterocycles. The molecule has 50 heavy (non-hydrogen) atoms. The van der Waals surface area contributed by atoms with E-state index in [9.17, 15) is 24.5 Å². The van der Waals surface area contributed by atoms with Crippen molar-refractivity contribution in [2.45, 2.75) is 16.3 Å². The lowest BCUT2D eigenvalue weighted by Crippen LogP contribution is -2.99. The number of benzene rings is 5. The summed E-state index contributed by atoms with van der Waals surface area (Å²) in [5, 5.41) is 33.8. The first-order chi connectivity index (χ1) is 24.3. The Labute approximate surface area is 298 Å². The van der Waals surface area contributed by atoms with Gasteiger partial charge >= 0.3 is 0 Å². The Kier molecular flexibility index (Phi) is 11.8. The zero-order chi connectivity index (χ0) is 34.9. The van der Waals surface area contributed by atoms with Gasteiger partial charge in [-0.2, -0.15) is 5.23 Å². The third-order valence-corrected chi connectivity index (χ3v) is 10.6. The minimum Gasteiger partial charge on any atom is -0.595 e. The van der Waals surface area contributed by atoms with Crippen LogP contribution in [0, 0.1) is 5.21 Å². The second kappa shape index (κ2) is 16.8. The van der Waals surface area contributed by atoms with Gasteiger partial charge in [0, 0.05) is 67.2 Å². The first-order valence-corrected chi connectivity index (χ1v) is 18.4. The van der Waals surface area contributed by atoms with E-state index in [2.05, 4.69) is 32.0 Å². The third kappa shape index (κ3) is 9.10. The molecule has 1 amide bonds. The molecular formula is C38H39N5O5S2. The first-order valence-electron chi connectivity index (χ1n) is 16.3. The van der Waals surface area contributed by atoms with E-state index in [1.165, 1.54) is 11.6 Å². The minimum absolute atomic E-state index is 0.0139. The molecule has 6 rings (SSSR count). The van der Waals surface area contributed by atoms with Crippen LogP contribution in [0.2, 0.25) is 0 Å². The van der Waals surface area contributed by atoms with Crippen LogP contribution in [-0.4, -0.2) is 63.8 Å². The van der Waals surface area contributed by atoms with Crippen molar-refractivity contribution in [1.82, 2.24) is 9.62 Å². The van der Waals surface area contributed by atoms with Crippen LogP contribution in [0.15, 0.2) is 131 Å². The molecule has 2 unspecified atom stereocenters. The first kappa shape index (κ1) is 35.1. The lowest BCUT2D eigenvalue weighted by molar-refractivity contribution is -0.990. The molecule has 0 aliphatic carbocycles. The van der Waals surface area contributed by atoms with Gasteiger partial charge in [0.15, 0.2) is 16.7 Å². The molecule has 2 atom stereocenters. The van der Waals surface area contributed by atoms with Crippen molar-refractivity contribution in [1.29, 1.82) is 0 Å². The normalized spacial score (nSPS) is 14.6. The van der Waals surface area contributed by atoms with Gasteiger partial charge in [-0.1, -0.05) is 54.6 Å². The molecule has 5 N–H and O–H groups in total. The van der Waals surface area contributed by atoms with Gasteiger partial charge in [0.25, 0.3) is 5.91 Å². The number of rotatable bonds is 13. The predicted molar refractivity (Wildman–Crippen MR) is 199 cm³/mol. The average Bonchev–Trinajstić information content (AvgIpc) is 3.14. The second-order valence-electron chi connectivity index (χ2n) is 11.8. The SMILES string of the molecule is O=C(NS(=O)c1ccc(NCCSc2ccccc2)c([NH+]([O-])O)c1)c1ccc(N2CCN(Cc3ccccc3-c3cccc(O)c3)CC2)cc1. The quantitative estimate of drug-likeness (QED) is 0.0616. The van der Waals surface area contributed by atoms with Crippen LogP contribution in [0.25, 0.3) is 11.1 Å². The maximum atomic E-state index is 13.1. The van der Waals surface area contributed by atoms with Crippen LogP contribution >= 0.6 is 11.8 Å². The highest BCUT2D eigenvalue weighted by Gasteiger charge is 2.20. The molecule has 0 saturated carbocycles. The minimum atomic E-state index is -1.95. The molecule has 1 aliphatic rings. The van der Waals surface area contributed by atoms with E-state index in [4.69, 9.17) is 0 Å². The smallest absolute Gasteiger partial charge is 0.263 e. The summed E-state index contributed by atoms with van der Waals surface area (Å²) < 4.78 is 15.6. The van der Waals surface area contributed by atoms with E-state index in [0.717, 1.165) is 60.2 Å². The largest absolute Gasteiger partial charge is 0.595 e. The summed E-state index contributed by atoms with van der Waals surface area (Å²) >= 11 is 1.66. The standard InChI is InChI=1S/C38H39N5O5S2/c44-32-9-6-8-29(25-32)35-12-5-4-7-30(35)27-41-20-22-42(23-21-41)31-15-13-28(14-16-31)38(45)40-50(48)34-17-18-36(37(26-34)43(46)47)39-19-24-49-33-10-2-1-3-11-33/h1-18,25-26,39,43-44,46H,19-24,27H2,(H,40,45). The summed E-state index contributed by atoms with van der Waals surface area (Å²) in [7, 11) is -1.95. The summed E-state index contributed by atoms with van der Waals surface area (Å²) in [6.07, 6.45) is 0. The van der Waals surface area contributed by atoms with Crippen molar-refractivity contribution in [3.05, 3.63) is 138 Å². The molecule has 0 spiro atoms. The molecule has 0 radical (unpaired) electrons. The van der Waals surface area contributed by atoms with Gasteiger partial charge in [-0.05, 0) is 77.4 Å². The number of phenols is 1. The Hall–Kier alpha value is -4.69. The van der Waals surface area contributed by atoms with Crippen molar-refractivity contribution in [2.24, 2.45) is 0 Å². The van der Waals surface area contributed by atoms with Gasteiger partial charge in [-0.15, -0.1) is 11.8 Å². The molecule has 10 nitrogen and oxygen atoms in total. The maximum Gasteiger partial charge on any atom is 0.263 e. The fraction of sp³-hybridized carbons (Fsp3) is 0.184. The number of anilines is 2. The van der Waals surface area contributed by atoms with Crippen molar-refractivity contribution in [3.63, 3.8) is 0 Å². The number of piperazine rings is 1. The summed E-state index contributed by atoms with van der Waals surface area (Å²) in [4.78, 5) is 19.0. The highest BCUT2D eigenvalue weighted by Crippen LogP contribution is 2.28. The molecule has 1 aliphatic heterocycles. The van der Waals surface area contributed by atoms with Crippen LogP contribution in [0.4, 0.5) is 17.1 Å². The number of nitrogens with one attached hydrogen (secondary N) is 3. The number of thioether (sulfide) groups is 1. The number of hydrogen-bond donors (Lipinski definition) is 5. The van der Waals surface area contributed by atoms with Gasteiger partial charge in [-0.25, -0.2) is 9.42 Å². The Balaban J connectivity index is 1.00. The van der Waals surface area contributed by atoms with Gasteiger partial charge in [0.1, 0.15) is 5.75 Å². The topological polar surface area (TPSA) is 133 Å². The van der Waals surface area contributed by atoms with Gasteiger partial charge in [0.05, 0.1) is 10.6 Å². The Morgan fingerprint density at radius 1 is 0.860 bits per heavy atom. The van der Waals surface area contributed by atoms with E-state index < -0.39 is 22.1 Å². The molecule has 0 aromatic heterocycles. The molecule has 1 saturated heterocycles. The molecule has 1 fully saturated rings. The maximum absolute atomic E-state index is 13.1. The highest BCUT2D eigenvalue weighted by atomic mass is 32.2. The predicted octanol–water partition coefficient (Wildman–Crippen LogP) is 5.44. The Morgan fingerprint density at radius 2 is 1.60 bits per heavy atom. The number of amides is 1. The van der Waals surface area contributed by atoms with Crippen LogP contribution in [0.1, 0.15) is 15.9 Å². The molecule has 258 valence electrons. The average molecular weight is 710 g/mol. The number of carbonyl (C=O) groups is 1. The zero-order valence-corrected chi connectivity index (χ0v) is 29.0. The van der Waals surface area contributed by atoms with Crippen LogP contribution in [0.5, 0.6) is 5.75 Å². The molecule has 5 aromatic rings. The van der Waals surface area contributed by atoms with Crippen LogP contribution < -0.4 is 20.2 Å². The molecule has 5 aromatic carbocycles. The van der Waals surface area contributed by atoms with E-state index in [-0.39, 0.29) is 16.3 Å². The summed E-state index contributed by atoms with van der Waals surface area (Å²) in [6.45, 7) is 4.74. The highest BCUT2D eigenvalue weighted by molar-refractivity contribution is 7.99. The van der Waals surface area contributed by atoms with Gasteiger partial charge < -0.3 is 20.5 Å². The van der Waals surface area contributed by atoms with Crippen LogP contribution in [0.3, 0.4) is 0 Å². The zero-order valence-electron chi connectivity index (χ0n) is 27.3.